The van der Waals surface area contributed by atoms with Gasteiger partial charge in [-0.2, -0.15) is 10.4 Å². The third-order valence-electron chi connectivity index (χ3n) is 2.04. The second-order valence-corrected chi connectivity index (χ2v) is 4.06. The smallest absolute Gasteiger partial charge is 0.0966 e. The summed E-state index contributed by atoms with van der Waals surface area (Å²) in [4.78, 5) is 0. The Hall–Kier alpha value is -1.34. The normalized spacial score (nSPS) is 10.4. The largest absolute Gasteiger partial charge is 0.275 e. The maximum atomic E-state index is 8.68. The van der Waals surface area contributed by atoms with Crippen LogP contribution in [0.1, 0.15) is 5.56 Å². The number of nitrogens with zero attached hydrogens (tertiary/aromatic N) is 3. The van der Waals surface area contributed by atoms with Crippen LogP contribution in [0.5, 0.6) is 0 Å². The number of fused-ring (bicyclic) bond motifs is 1. The van der Waals surface area contributed by atoms with E-state index in [9.17, 15) is 0 Å². The molecule has 0 aliphatic heterocycles. The van der Waals surface area contributed by atoms with E-state index in [-0.39, 0.29) is 0 Å². The van der Waals surface area contributed by atoms with Crippen molar-refractivity contribution in [2.24, 2.45) is 7.05 Å². The van der Waals surface area contributed by atoms with Crippen molar-refractivity contribution in [1.29, 1.82) is 5.26 Å². The number of hydrogen-bond acceptors (Lipinski definition) is 2. The summed E-state index contributed by atoms with van der Waals surface area (Å²) < 4.78 is 2.75. The number of hydrogen-bond donors (Lipinski definition) is 0. The molecule has 1 heterocycles. The van der Waals surface area contributed by atoms with Gasteiger partial charge >= 0.3 is 0 Å². The average molecular weight is 250 g/mol. The highest BCUT2D eigenvalue weighted by molar-refractivity contribution is 9.10. The Bertz CT molecular complexity index is 522. The third kappa shape index (κ3) is 1.51. The lowest BCUT2D eigenvalue weighted by Gasteiger charge is -1.97. The number of aryl methyl sites for hydroxylation is 1. The molecule has 2 aromatic rings. The topological polar surface area (TPSA) is 41.6 Å². The fourth-order valence-electron chi connectivity index (χ4n) is 1.51. The first-order chi connectivity index (χ1) is 6.70. The van der Waals surface area contributed by atoms with E-state index in [2.05, 4.69) is 27.1 Å². The minimum absolute atomic E-state index is 0.396. The highest BCUT2D eigenvalue weighted by Crippen LogP contribution is 2.23. The van der Waals surface area contributed by atoms with Crippen LogP contribution in [-0.4, -0.2) is 9.78 Å². The van der Waals surface area contributed by atoms with Crippen molar-refractivity contribution in [3.05, 3.63) is 28.4 Å². The molecular formula is C10H8BrN3. The molecule has 2 rings (SSSR count). The van der Waals surface area contributed by atoms with Gasteiger partial charge in [0.15, 0.2) is 0 Å². The summed E-state index contributed by atoms with van der Waals surface area (Å²) in [7, 11) is 1.88. The third-order valence-corrected chi connectivity index (χ3v) is 2.49. The van der Waals surface area contributed by atoms with Crippen LogP contribution in [0.25, 0.3) is 10.9 Å². The first-order valence-corrected chi connectivity index (χ1v) is 4.99. The molecule has 1 aromatic carbocycles. The highest BCUT2D eigenvalue weighted by Gasteiger charge is 2.06. The molecule has 0 aliphatic carbocycles. The molecule has 0 amide bonds. The molecule has 0 bridgehead atoms. The second kappa shape index (κ2) is 3.43. The fourth-order valence-corrected chi connectivity index (χ4v) is 2.03. The van der Waals surface area contributed by atoms with Crippen LogP contribution < -0.4 is 0 Å². The zero-order valence-electron chi connectivity index (χ0n) is 7.66. The summed E-state index contributed by atoms with van der Waals surface area (Å²) in [5.74, 6) is 0. The Morgan fingerprint density at radius 2 is 2.36 bits per heavy atom. The molecule has 3 nitrogen and oxygen atoms in total. The zero-order valence-corrected chi connectivity index (χ0v) is 9.24. The Morgan fingerprint density at radius 1 is 1.57 bits per heavy atom. The zero-order chi connectivity index (χ0) is 10.1. The standard InChI is InChI=1S/C10H8BrN3/c1-14-6-8-5-9(11)4-7(2-3-12)10(8)13-14/h4-6H,2H2,1H3. The van der Waals surface area contributed by atoms with Gasteiger partial charge in [0.1, 0.15) is 0 Å². The first-order valence-electron chi connectivity index (χ1n) is 4.19. The van der Waals surface area contributed by atoms with E-state index in [4.69, 9.17) is 5.26 Å². The summed E-state index contributed by atoms with van der Waals surface area (Å²) in [5.41, 5.74) is 1.88. The fraction of sp³-hybridized carbons (Fsp3) is 0.200. The van der Waals surface area contributed by atoms with Gasteiger partial charge in [0.2, 0.25) is 0 Å². The summed E-state index contributed by atoms with van der Waals surface area (Å²) in [6.07, 6.45) is 2.34. The van der Waals surface area contributed by atoms with Gasteiger partial charge in [-0.3, -0.25) is 4.68 Å². The molecule has 0 spiro atoms. The molecule has 0 N–H and O–H groups in total. The van der Waals surface area contributed by atoms with Gasteiger partial charge in [0.25, 0.3) is 0 Å². The lowest BCUT2D eigenvalue weighted by Crippen LogP contribution is -1.88. The van der Waals surface area contributed by atoms with Crippen molar-refractivity contribution in [1.82, 2.24) is 9.78 Å². The maximum Gasteiger partial charge on any atom is 0.0966 e. The van der Waals surface area contributed by atoms with E-state index in [0.29, 0.717) is 6.42 Å². The molecule has 0 radical (unpaired) electrons. The van der Waals surface area contributed by atoms with E-state index in [1.165, 1.54) is 0 Å². The van der Waals surface area contributed by atoms with E-state index in [1.807, 2.05) is 25.4 Å². The highest BCUT2D eigenvalue weighted by atomic mass is 79.9. The number of benzene rings is 1. The molecule has 0 atom stereocenters. The Kier molecular flexibility index (Phi) is 2.26. The SMILES string of the molecule is Cn1cc2cc(Br)cc(CC#N)c2n1. The monoisotopic (exact) mass is 249 g/mol. The molecule has 4 heteroatoms. The quantitative estimate of drug-likeness (QED) is 0.779. The molecule has 14 heavy (non-hydrogen) atoms. The number of rotatable bonds is 1. The van der Waals surface area contributed by atoms with Gasteiger partial charge in [0, 0.05) is 23.1 Å². The maximum absolute atomic E-state index is 8.68. The predicted octanol–water partition coefficient (Wildman–Crippen LogP) is 2.40. The van der Waals surface area contributed by atoms with Crippen molar-refractivity contribution < 1.29 is 0 Å². The first kappa shape index (κ1) is 9.22. The predicted molar refractivity (Wildman–Crippen MR) is 57.7 cm³/mol. The Morgan fingerprint density at radius 3 is 3.07 bits per heavy atom. The van der Waals surface area contributed by atoms with E-state index in [0.717, 1.165) is 20.9 Å². The average Bonchev–Trinajstić information content (AvgIpc) is 2.45. The molecular weight excluding hydrogens is 242 g/mol. The van der Waals surface area contributed by atoms with Gasteiger partial charge in [-0.05, 0) is 17.7 Å². The summed E-state index contributed by atoms with van der Waals surface area (Å²) >= 11 is 3.42. The van der Waals surface area contributed by atoms with Crippen LogP contribution in [-0.2, 0) is 13.5 Å². The number of aromatic nitrogens is 2. The van der Waals surface area contributed by atoms with Crippen LogP contribution in [0.3, 0.4) is 0 Å². The van der Waals surface area contributed by atoms with Crippen molar-refractivity contribution in [3.63, 3.8) is 0 Å². The molecule has 0 fully saturated rings. The van der Waals surface area contributed by atoms with Crippen molar-refractivity contribution in [3.8, 4) is 6.07 Å². The molecule has 0 saturated heterocycles. The number of nitriles is 1. The van der Waals surface area contributed by atoms with Crippen LogP contribution in [0.2, 0.25) is 0 Å². The Labute approximate surface area is 90.1 Å². The summed E-state index contributed by atoms with van der Waals surface area (Å²) in [6.45, 7) is 0. The molecule has 70 valence electrons. The van der Waals surface area contributed by atoms with Crippen LogP contribution in [0.4, 0.5) is 0 Å². The van der Waals surface area contributed by atoms with Crippen LogP contribution in [0, 0.1) is 11.3 Å². The molecule has 0 saturated carbocycles. The minimum atomic E-state index is 0.396. The van der Waals surface area contributed by atoms with Gasteiger partial charge in [-0.1, -0.05) is 15.9 Å². The molecule has 0 aliphatic rings. The molecule has 1 aromatic heterocycles. The lowest BCUT2D eigenvalue weighted by atomic mass is 10.1. The number of halogens is 1. The summed E-state index contributed by atoms with van der Waals surface area (Å²) in [6, 6.07) is 6.09. The second-order valence-electron chi connectivity index (χ2n) is 3.14. The minimum Gasteiger partial charge on any atom is -0.275 e. The van der Waals surface area contributed by atoms with E-state index >= 15 is 0 Å². The van der Waals surface area contributed by atoms with Gasteiger partial charge in [-0.25, -0.2) is 0 Å². The van der Waals surface area contributed by atoms with E-state index in [1.54, 1.807) is 4.68 Å². The van der Waals surface area contributed by atoms with Crippen LogP contribution in [0.15, 0.2) is 22.8 Å². The van der Waals surface area contributed by atoms with Crippen LogP contribution >= 0.6 is 15.9 Å². The molecule has 0 unspecified atom stereocenters. The van der Waals surface area contributed by atoms with Gasteiger partial charge in [0.05, 0.1) is 18.0 Å². The van der Waals surface area contributed by atoms with E-state index < -0.39 is 0 Å². The van der Waals surface area contributed by atoms with Crippen molar-refractivity contribution in [2.75, 3.05) is 0 Å². The van der Waals surface area contributed by atoms with Gasteiger partial charge < -0.3 is 0 Å². The summed E-state index contributed by atoms with van der Waals surface area (Å²) in [5, 5.41) is 14.1. The lowest BCUT2D eigenvalue weighted by molar-refractivity contribution is 0.778. The van der Waals surface area contributed by atoms with Gasteiger partial charge in [-0.15, -0.1) is 0 Å². The Balaban J connectivity index is 2.74. The van der Waals surface area contributed by atoms with Crippen molar-refractivity contribution >= 4 is 26.8 Å². The van der Waals surface area contributed by atoms with Crippen molar-refractivity contribution in [2.45, 2.75) is 6.42 Å².